The summed E-state index contributed by atoms with van der Waals surface area (Å²) in [5.74, 6) is -0.0112. The van der Waals surface area contributed by atoms with Crippen LogP contribution < -0.4 is 11.1 Å². The molecule has 1 saturated carbocycles. The summed E-state index contributed by atoms with van der Waals surface area (Å²) in [5.41, 5.74) is 8.87. The Morgan fingerprint density at radius 2 is 2.06 bits per heavy atom. The second-order valence-corrected chi connectivity index (χ2v) is 5.15. The molecule has 0 unspecified atom stereocenters. The maximum absolute atomic E-state index is 12.0. The fraction of sp³-hybridized carbons (Fsp3) is 0.500. The fourth-order valence-corrected chi connectivity index (χ4v) is 2.16. The van der Waals surface area contributed by atoms with E-state index < -0.39 is 0 Å². The van der Waals surface area contributed by atoms with Gasteiger partial charge >= 0.3 is 0 Å². The van der Waals surface area contributed by atoms with Crippen LogP contribution >= 0.6 is 12.4 Å². The van der Waals surface area contributed by atoms with Crippen LogP contribution in [0.4, 0.5) is 0 Å². The van der Waals surface area contributed by atoms with Crippen LogP contribution in [0.2, 0.25) is 0 Å². The molecule has 3 nitrogen and oxygen atoms in total. The molecular formula is C14H21ClN2O. The number of hydrogen-bond acceptors (Lipinski definition) is 2. The van der Waals surface area contributed by atoms with E-state index in [0.29, 0.717) is 6.54 Å². The molecule has 0 aromatic heterocycles. The van der Waals surface area contributed by atoms with Crippen molar-refractivity contribution < 1.29 is 4.79 Å². The largest absolute Gasteiger partial charge is 0.350 e. The first-order chi connectivity index (χ1) is 8.02. The standard InChI is InChI=1S/C14H20N2O.ClH/c1-10-5-3-6-12(11(10)2)13(17)16-9-14(15)7-4-8-14;/h3,5-6H,4,7-9,15H2,1-2H3,(H,16,17);1H. The van der Waals surface area contributed by atoms with E-state index in [0.717, 1.165) is 29.5 Å². The minimum absolute atomic E-state index is 0. The van der Waals surface area contributed by atoms with Crippen molar-refractivity contribution in [3.8, 4) is 0 Å². The zero-order valence-corrected chi connectivity index (χ0v) is 11.8. The molecule has 3 N–H and O–H groups in total. The molecule has 1 amide bonds. The van der Waals surface area contributed by atoms with Gasteiger partial charge in [0, 0.05) is 17.6 Å². The highest BCUT2D eigenvalue weighted by Gasteiger charge is 2.32. The molecule has 0 saturated heterocycles. The van der Waals surface area contributed by atoms with Gasteiger partial charge in [-0.3, -0.25) is 4.79 Å². The Kier molecular flexibility index (Phi) is 4.77. The van der Waals surface area contributed by atoms with E-state index >= 15 is 0 Å². The van der Waals surface area contributed by atoms with Crippen LogP contribution in [0.15, 0.2) is 18.2 Å². The van der Waals surface area contributed by atoms with E-state index in [2.05, 4.69) is 5.32 Å². The molecule has 1 aromatic rings. The van der Waals surface area contributed by atoms with Crippen LogP contribution in [0, 0.1) is 13.8 Å². The molecule has 1 aromatic carbocycles. The fourth-order valence-electron chi connectivity index (χ4n) is 2.16. The molecule has 1 aliphatic carbocycles. The quantitative estimate of drug-likeness (QED) is 0.884. The van der Waals surface area contributed by atoms with Crippen molar-refractivity contribution >= 4 is 18.3 Å². The maximum Gasteiger partial charge on any atom is 0.251 e. The highest BCUT2D eigenvalue weighted by Crippen LogP contribution is 2.28. The summed E-state index contributed by atoms with van der Waals surface area (Å²) >= 11 is 0. The van der Waals surface area contributed by atoms with Crippen molar-refractivity contribution in [2.75, 3.05) is 6.54 Å². The summed E-state index contributed by atoms with van der Waals surface area (Å²) in [5, 5.41) is 2.95. The first kappa shape index (κ1) is 15.0. The number of hydrogen-bond donors (Lipinski definition) is 2. The van der Waals surface area contributed by atoms with E-state index in [1.165, 1.54) is 6.42 Å². The minimum Gasteiger partial charge on any atom is -0.350 e. The van der Waals surface area contributed by atoms with Gasteiger partial charge in [-0.15, -0.1) is 12.4 Å². The Morgan fingerprint density at radius 3 is 2.61 bits per heavy atom. The maximum atomic E-state index is 12.0. The zero-order valence-electron chi connectivity index (χ0n) is 11.0. The summed E-state index contributed by atoms with van der Waals surface area (Å²) in [6.07, 6.45) is 3.20. The second kappa shape index (κ2) is 5.72. The highest BCUT2D eigenvalue weighted by molar-refractivity contribution is 5.95. The number of nitrogens with one attached hydrogen (secondary N) is 1. The summed E-state index contributed by atoms with van der Waals surface area (Å²) in [4.78, 5) is 12.0. The van der Waals surface area contributed by atoms with Crippen LogP contribution in [0.5, 0.6) is 0 Å². The van der Waals surface area contributed by atoms with Crippen LogP contribution in [-0.2, 0) is 0 Å². The topological polar surface area (TPSA) is 55.1 Å². The van der Waals surface area contributed by atoms with Crippen molar-refractivity contribution in [3.63, 3.8) is 0 Å². The summed E-state index contributed by atoms with van der Waals surface area (Å²) in [6, 6.07) is 5.79. The van der Waals surface area contributed by atoms with Crippen LogP contribution in [0.3, 0.4) is 0 Å². The van der Waals surface area contributed by atoms with Crippen molar-refractivity contribution in [2.24, 2.45) is 5.73 Å². The van der Waals surface area contributed by atoms with E-state index in [4.69, 9.17) is 5.73 Å². The van der Waals surface area contributed by atoms with E-state index in [1.807, 2.05) is 32.0 Å². The molecule has 18 heavy (non-hydrogen) atoms. The number of carbonyl (C=O) groups is 1. The number of carbonyl (C=O) groups excluding carboxylic acids is 1. The Labute approximate surface area is 115 Å². The number of halogens is 1. The van der Waals surface area contributed by atoms with Gasteiger partial charge < -0.3 is 11.1 Å². The molecule has 0 aliphatic heterocycles. The summed E-state index contributed by atoms with van der Waals surface area (Å²) in [6.45, 7) is 4.58. The number of benzene rings is 1. The molecule has 1 fully saturated rings. The Bertz CT molecular complexity index is 441. The predicted octanol–water partition coefficient (Wildman–Crippen LogP) is 2.34. The molecule has 0 atom stereocenters. The van der Waals surface area contributed by atoms with Gasteiger partial charge in [0.2, 0.25) is 0 Å². The molecule has 0 heterocycles. The molecule has 0 bridgehead atoms. The highest BCUT2D eigenvalue weighted by atomic mass is 35.5. The average Bonchev–Trinajstić information content (AvgIpc) is 2.27. The molecule has 2 rings (SSSR count). The van der Waals surface area contributed by atoms with Crippen LogP contribution in [-0.4, -0.2) is 18.0 Å². The number of aryl methyl sites for hydroxylation is 1. The van der Waals surface area contributed by atoms with Crippen LogP contribution in [0.1, 0.15) is 40.7 Å². The van der Waals surface area contributed by atoms with E-state index in [1.54, 1.807) is 0 Å². The SMILES string of the molecule is Cc1cccc(C(=O)NCC2(N)CCC2)c1C.Cl. The van der Waals surface area contributed by atoms with E-state index in [9.17, 15) is 4.79 Å². The minimum atomic E-state index is -0.159. The third-order valence-electron chi connectivity index (χ3n) is 3.80. The van der Waals surface area contributed by atoms with Gasteiger partial charge in [-0.05, 0) is 50.3 Å². The molecule has 1 aliphatic rings. The number of rotatable bonds is 3. The molecule has 4 heteroatoms. The lowest BCUT2D eigenvalue weighted by Gasteiger charge is -2.38. The van der Waals surface area contributed by atoms with Gasteiger partial charge in [-0.1, -0.05) is 12.1 Å². The number of amides is 1. The molecule has 100 valence electrons. The summed E-state index contributed by atoms with van der Waals surface area (Å²) in [7, 11) is 0. The lowest BCUT2D eigenvalue weighted by atomic mass is 9.78. The Balaban J connectivity index is 0.00000162. The van der Waals surface area contributed by atoms with Gasteiger partial charge in [0.1, 0.15) is 0 Å². The van der Waals surface area contributed by atoms with Gasteiger partial charge in [0.15, 0.2) is 0 Å². The van der Waals surface area contributed by atoms with Crippen molar-refractivity contribution in [1.82, 2.24) is 5.32 Å². The monoisotopic (exact) mass is 268 g/mol. The van der Waals surface area contributed by atoms with Gasteiger partial charge in [0.05, 0.1) is 0 Å². The molecule has 0 spiro atoms. The van der Waals surface area contributed by atoms with E-state index in [-0.39, 0.29) is 23.9 Å². The third-order valence-corrected chi connectivity index (χ3v) is 3.80. The third kappa shape index (κ3) is 3.03. The zero-order chi connectivity index (χ0) is 12.5. The first-order valence-electron chi connectivity index (χ1n) is 6.15. The lowest BCUT2D eigenvalue weighted by Crippen LogP contribution is -2.55. The smallest absolute Gasteiger partial charge is 0.251 e. The van der Waals surface area contributed by atoms with Crippen molar-refractivity contribution in [1.29, 1.82) is 0 Å². The van der Waals surface area contributed by atoms with Gasteiger partial charge in [-0.2, -0.15) is 0 Å². The van der Waals surface area contributed by atoms with Crippen molar-refractivity contribution in [3.05, 3.63) is 34.9 Å². The summed E-state index contributed by atoms with van der Waals surface area (Å²) < 4.78 is 0. The Morgan fingerprint density at radius 1 is 1.39 bits per heavy atom. The lowest BCUT2D eigenvalue weighted by molar-refractivity contribution is 0.0929. The molecule has 0 radical (unpaired) electrons. The first-order valence-corrected chi connectivity index (χ1v) is 6.15. The Hall–Kier alpha value is -1.06. The van der Waals surface area contributed by atoms with Crippen molar-refractivity contribution in [2.45, 2.75) is 38.6 Å². The second-order valence-electron chi connectivity index (χ2n) is 5.15. The average molecular weight is 269 g/mol. The van der Waals surface area contributed by atoms with Gasteiger partial charge in [-0.25, -0.2) is 0 Å². The molecular weight excluding hydrogens is 248 g/mol. The predicted molar refractivity (Wildman–Crippen MR) is 76.3 cm³/mol. The van der Waals surface area contributed by atoms with Gasteiger partial charge in [0.25, 0.3) is 5.91 Å². The normalized spacial score (nSPS) is 16.4. The van der Waals surface area contributed by atoms with Crippen LogP contribution in [0.25, 0.3) is 0 Å². The number of nitrogens with two attached hydrogens (primary N) is 1.